The second-order valence-electron chi connectivity index (χ2n) is 5.97. The number of allylic oxidation sites excluding steroid dienone is 2. The Morgan fingerprint density at radius 1 is 0.947 bits per heavy atom. The van der Waals surface area contributed by atoms with Gasteiger partial charge in [-0.1, -0.05) is 31.4 Å². The third-order valence-electron chi connectivity index (χ3n) is 4.82. The minimum atomic E-state index is -0.538. The predicted molar refractivity (Wildman–Crippen MR) is 70.1 cm³/mol. The number of amides is 2. The van der Waals surface area contributed by atoms with E-state index in [9.17, 15) is 14.7 Å². The molecule has 2 amide bonds. The molecule has 4 heteroatoms. The maximum Gasteiger partial charge on any atom is 0.233 e. The molecule has 2 fully saturated rings. The molecular weight excluding hydrogens is 242 g/mol. The molecule has 0 spiro atoms. The van der Waals surface area contributed by atoms with E-state index in [0.29, 0.717) is 19.3 Å². The summed E-state index contributed by atoms with van der Waals surface area (Å²) in [5.74, 6) is -0.448. The summed E-state index contributed by atoms with van der Waals surface area (Å²) in [7, 11) is 0. The van der Waals surface area contributed by atoms with Gasteiger partial charge in [0.15, 0.2) is 0 Å². The number of nitrogens with zero attached hydrogens (tertiary/aromatic N) is 1. The Labute approximate surface area is 113 Å². The molecule has 3 aliphatic rings. The summed E-state index contributed by atoms with van der Waals surface area (Å²) in [5.41, 5.74) is 0. The highest BCUT2D eigenvalue weighted by Crippen LogP contribution is 2.38. The highest BCUT2D eigenvalue weighted by atomic mass is 16.3. The molecule has 1 aliphatic heterocycles. The number of fused-ring (bicyclic) bond motifs is 1. The monoisotopic (exact) mass is 263 g/mol. The quantitative estimate of drug-likeness (QED) is 0.444. The molecule has 4 atom stereocenters. The smallest absolute Gasteiger partial charge is 0.233 e. The number of aliphatic hydroxyl groups excluding tert-OH is 1. The molecule has 2 unspecified atom stereocenters. The SMILES string of the molecule is O=C1[C@H]2CC=CC[C@H]2C(=O)N1C1CCCCCC1O. The Balaban J connectivity index is 1.84. The number of carbonyl (C=O) groups excluding carboxylic acids is 2. The number of hydrogen-bond donors (Lipinski definition) is 1. The normalized spacial score (nSPS) is 39.3. The van der Waals surface area contributed by atoms with Crippen LogP contribution in [0.15, 0.2) is 12.2 Å². The van der Waals surface area contributed by atoms with Crippen LogP contribution in [0.4, 0.5) is 0 Å². The zero-order chi connectivity index (χ0) is 13.4. The molecule has 3 rings (SSSR count). The second kappa shape index (κ2) is 5.08. The first kappa shape index (κ1) is 12.9. The molecule has 1 N–H and O–H groups in total. The molecule has 0 bridgehead atoms. The number of rotatable bonds is 1. The minimum absolute atomic E-state index is 0.0506. The first-order valence-electron chi connectivity index (χ1n) is 7.40. The lowest BCUT2D eigenvalue weighted by Gasteiger charge is -2.29. The van der Waals surface area contributed by atoms with Gasteiger partial charge in [0, 0.05) is 0 Å². The molecule has 1 heterocycles. The number of hydrogen-bond acceptors (Lipinski definition) is 3. The van der Waals surface area contributed by atoms with Crippen LogP contribution in [0.2, 0.25) is 0 Å². The number of aliphatic hydroxyl groups is 1. The lowest BCUT2D eigenvalue weighted by molar-refractivity contribution is -0.145. The lowest BCUT2D eigenvalue weighted by atomic mass is 9.85. The van der Waals surface area contributed by atoms with Crippen molar-refractivity contribution in [2.45, 2.75) is 57.1 Å². The van der Waals surface area contributed by atoms with Crippen LogP contribution in [0.25, 0.3) is 0 Å². The Hall–Kier alpha value is -1.16. The Morgan fingerprint density at radius 2 is 1.53 bits per heavy atom. The van der Waals surface area contributed by atoms with Gasteiger partial charge in [0.1, 0.15) is 0 Å². The van der Waals surface area contributed by atoms with E-state index in [2.05, 4.69) is 0 Å². The first-order chi connectivity index (χ1) is 9.20. The standard InChI is InChI=1S/C15H21NO3/c17-13-9-3-1-2-8-12(13)16-14(18)10-6-4-5-7-11(10)15(16)19/h4-5,10-13,17H,1-3,6-9H2/t10-,11+,12?,13?. The third kappa shape index (κ3) is 2.12. The van der Waals surface area contributed by atoms with Crippen LogP contribution in [-0.2, 0) is 9.59 Å². The molecule has 0 radical (unpaired) electrons. The van der Waals surface area contributed by atoms with Crippen LogP contribution in [-0.4, -0.2) is 34.0 Å². The maximum atomic E-state index is 12.5. The van der Waals surface area contributed by atoms with Gasteiger partial charge in [0.05, 0.1) is 24.0 Å². The van der Waals surface area contributed by atoms with Crippen molar-refractivity contribution in [2.75, 3.05) is 0 Å². The fourth-order valence-corrected chi connectivity index (χ4v) is 3.72. The van der Waals surface area contributed by atoms with Crippen LogP contribution in [0, 0.1) is 11.8 Å². The molecule has 1 saturated heterocycles. The van der Waals surface area contributed by atoms with Gasteiger partial charge in [-0.05, 0) is 25.7 Å². The Morgan fingerprint density at radius 3 is 2.16 bits per heavy atom. The van der Waals surface area contributed by atoms with E-state index >= 15 is 0 Å². The van der Waals surface area contributed by atoms with Crippen molar-refractivity contribution in [3.8, 4) is 0 Å². The Kier molecular flexibility index (Phi) is 3.44. The van der Waals surface area contributed by atoms with Gasteiger partial charge >= 0.3 is 0 Å². The van der Waals surface area contributed by atoms with Crippen molar-refractivity contribution in [3.05, 3.63) is 12.2 Å². The van der Waals surface area contributed by atoms with Crippen molar-refractivity contribution in [3.63, 3.8) is 0 Å². The summed E-state index contributed by atoms with van der Waals surface area (Å²) in [6, 6.07) is -0.284. The summed E-state index contributed by atoms with van der Waals surface area (Å²) in [6.07, 6.45) is 9.33. The van der Waals surface area contributed by atoms with Gasteiger partial charge in [-0.2, -0.15) is 0 Å². The summed E-state index contributed by atoms with van der Waals surface area (Å²) < 4.78 is 0. The Bertz CT molecular complexity index is 392. The zero-order valence-corrected chi connectivity index (χ0v) is 11.1. The van der Waals surface area contributed by atoms with Gasteiger partial charge < -0.3 is 5.11 Å². The van der Waals surface area contributed by atoms with E-state index in [0.717, 1.165) is 25.7 Å². The third-order valence-corrected chi connectivity index (χ3v) is 4.82. The summed E-state index contributed by atoms with van der Waals surface area (Å²) >= 11 is 0. The number of carbonyl (C=O) groups is 2. The molecular formula is C15H21NO3. The van der Waals surface area contributed by atoms with Crippen LogP contribution < -0.4 is 0 Å². The topological polar surface area (TPSA) is 57.6 Å². The van der Waals surface area contributed by atoms with E-state index in [1.807, 2.05) is 12.2 Å². The van der Waals surface area contributed by atoms with E-state index in [1.54, 1.807) is 0 Å². The van der Waals surface area contributed by atoms with Gasteiger partial charge in [-0.3, -0.25) is 14.5 Å². The molecule has 1 saturated carbocycles. The fourth-order valence-electron chi connectivity index (χ4n) is 3.72. The first-order valence-corrected chi connectivity index (χ1v) is 7.40. The van der Waals surface area contributed by atoms with Gasteiger partial charge in [0.25, 0.3) is 0 Å². The molecule has 0 aromatic heterocycles. The van der Waals surface area contributed by atoms with Crippen LogP contribution in [0.1, 0.15) is 44.9 Å². The van der Waals surface area contributed by atoms with Gasteiger partial charge in [0.2, 0.25) is 11.8 Å². The van der Waals surface area contributed by atoms with Crippen LogP contribution in [0.5, 0.6) is 0 Å². The van der Waals surface area contributed by atoms with Crippen LogP contribution in [0.3, 0.4) is 0 Å². The van der Waals surface area contributed by atoms with Crippen molar-refractivity contribution in [1.29, 1.82) is 0 Å². The van der Waals surface area contributed by atoms with E-state index in [-0.39, 0.29) is 29.7 Å². The largest absolute Gasteiger partial charge is 0.391 e. The van der Waals surface area contributed by atoms with E-state index in [1.165, 1.54) is 4.90 Å². The highest BCUT2D eigenvalue weighted by Gasteiger charge is 2.50. The summed E-state index contributed by atoms with van der Waals surface area (Å²) in [6.45, 7) is 0. The maximum absolute atomic E-state index is 12.5. The average Bonchev–Trinajstić information content (AvgIpc) is 2.57. The van der Waals surface area contributed by atoms with Crippen LogP contribution >= 0.6 is 0 Å². The van der Waals surface area contributed by atoms with Crippen molar-refractivity contribution >= 4 is 11.8 Å². The summed E-state index contributed by atoms with van der Waals surface area (Å²) in [4.78, 5) is 26.3. The van der Waals surface area contributed by atoms with Gasteiger partial charge in [-0.15, -0.1) is 0 Å². The van der Waals surface area contributed by atoms with E-state index < -0.39 is 6.10 Å². The highest BCUT2D eigenvalue weighted by molar-refractivity contribution is 6.05. The number of likely N-dealkylation sites (tertiary alicyclic amines) is 1. The molecule has 104 valence electrons. The molecule has 2 aliphatic carbocycles. The molecule has 19 heavy (non-hydrogen) atoms. The van der Waals surface area contributed by atoms with Crippen molar-refractivity contribution < 1.29 is 14.7 Å². The average molecular weight is 263 g/mol. The predicted octanol–water partition coefficient (Wildman–Crippen LogP) is 1.63. The zero-order valence-electron chi connectivity index (χ0n) is 11.1. The number of imide groups is 1. The molecule has 4 nitrogen and oxygen atoms in total. The molecule has 0 aromatic carbocycles. The van der Waals surface area contributed by atoms with Crippen molar-refractivity contribution in [1.82, 2.24) is 4.90 Å². The van der Waals surface area contributed by atoms with Gasteiger partial charge in [-0.25, -0.2) is 0 Å². The summed E-state index contributed by atoms with van der Waals surface area (Å²) in [5, 5.41) is 10.2. The molecule has 0 aromatic rings. The van der Waals surface area contributed by atoms with E-state index in [4.69, 9.17) is 0 Å². The van der Waals surface area contributed by atoms with Crippen molar-refractivity contribution in [2.24, 2.45) is 11.8 Å². The minimum Gasteiger partial charge on any atom is -0.391 e. The lowest BCUT2D eigenvalue weighted by Crippen LogP contribution is -2.47. The second-order valence-corrected chi connectivity index (χ2v) is 5.97. The fraction of sp³-hybridized carbons (Fsp3) is 0.733.